The number of nitrogens with one attached hydrogen (secondary N) is 1. The summed E-state index contributed by atoms with van der Waals surface area (Å²) in [5, 5.41) is 3.04. The van der Waals surface area contributed by atoms with Crippen LogP contribution in [0, 0.1) is 17.7 Å². The van der Waals surface area contributed by atoms with Gasteiger partial charge in [0.2, 0.25) is 15.9 Å². The Morgan fingerprint density at radius 2 is 1.80 bits per heavy atom. The second-order valence-electron chi connectivity index (χ2n) is 8.16. The molecule has 162 valence electrons. The Kier molecular flexibility index (Phi) is 7.26. The fourth-order valence-corrected chi connectivity index (χ4v) is 5.45. The van der Waals surface area contributed by atoms with E-state index in [9.17, 15) is 17.6 Å². The molecule has 1 aliphatic rings. The summed E-state index contributed by atoms with van der Waals surface area (Å²) in [4.78, 5) is 12.9. The van der Waals surface area contributed by atoms with Gasteiger partial charge in [-0.15, -0.1) is 0 Å². The number of nitrogens with zero attached hydrogens (tertiary/aromatic N) is 1. The normalized spacial score (nSPS) is 18.9. The number of sulfonamides is 1. The summed E-state index contributed by atoms with van der Waals surface area (Å²) in [5.41, 5.74) is 1.18. The largest absolute Gasteiger partial charge is 0.355 e. The lowest BCUT2D eigenvalue weighted by Crippen LogP contribution is -2.46. The maximum absolute atomic E-state index is 13.2. The monoisotopic (exact) mass is 432 g/mol. The number of rotatable bonds is 7. The highest BCUT2D eigenvalue weighted by Crippen LogP contribution is 2.26. The van der Waals surface area contributed by atoms with E-state index in [0.717, 1.165) is 12.1 Å². The quantitative estimate of drug-likeness (QED) is 0.724. The molecule has 2 aromatic carbocycles. The van der Waals surface area contributed by atoms with E-state index in [1.54, 1.807) is 0 Å². The minimum atomic E-state index is -3.75. The van der Waals surface area contributed by atoms with Crippen LogP contribution in [0.5, 0.6) is 0 Å². The van der Waals surface area contributed by atoms with E-state index in [2.05, 4.69) is 31.3 Å². The van der Waals surface area contributed by atoms with E-state index >= 15 is 0 Å². The molecule has 0 aromatic heterocycles. The van der Waals surface area contributed by atoms with Crippen LogP contribution in [0.3, 0.4) is 0 Å². The van der Waals surface area contributed by atoms with Crippen LogP contribution < -0.4 is 5.32 Å². The molecule has 2 atom stereocenters. The van der Waals surface area contributed by atoms with Crippen molar-refractivity contribution in [2.45, 2.75) is 37.5 Å². The van der Waals surface area contributed by atoms with Crippen LogP contribution in [0.15, 0.2) is 59.5 Å². The number of benzene rings is 2. The fourth-order valence-electron chi connectivity index (χ4n) is 3.92. The number of piperidine rings is 1. The van der Waals surface area contributed by atoms with Crippen molar-refractivity contribution >= 4 is 15.9 Å². The zero-order valence-electron chi connectivity index (χ0n) is 17.4. The van der Waals surface area contributed by atoms with Gasteiger partial charge < -0.3 is 5.32 Å². The highest BCUT2D eigenvalue weighted by Gasteiger charge is 2.33. The first-order valence-electron chi connectivity index (χ1n) is 10.4. The van der Waals surface area contributed by atoms with Crippen molar-refractivity contribution in [3.05, 3.63) is 66.0 Å². The topological polar surface area (TPSA) is 66.5 Å². The summed E-state index contributed by atoms with van der Waals surface area (Å²) < 4.78 is 40.2. The molecule has 1 amide bonds. The molecule has 1 N–H and O–H groups in total. The number of carbonyl (C=O) groups is 1. The Morgan fingerprint density at radius 3 is 2.43 bits per heavy atom. The molecule has 30 heavy (non-hydrogen) atoms. The molecule has 0 bridgehead atoms. The molecule has 0 aliphatic carbocycles. The summed E-state index contributed by atoms with van der Waals surface area (Å²) in [7, 11) is -3.75. The van der Waals surface area contributed by atoms with Gasteiger partial charge in [0.25, 0.3) is 0 Å². The van der Waals surface area contributed by atoms with Gasteiger partial charge in [0, 0.05) is 25.6 Å². The summed E-state index contributed by atoms with van der Waals surface area (Å²) in [6.45, 7) is 5.27. The van der Waals surface area contributed by atoms with Gasteiger partial charge in [-0.2, -0.15) is 4.31 Å². The molecular formula is C23H29FN2O3S. The molecule has 1 aliphatic heterocycles. The SMILES string of the molecule is CC(C)C(CNC(=O)C1CCCN(S(=O)(=O)c2ccc(F)cc2)C1)c1ccccc1. The lowest BCUT2D eigenvalue weighted by Gasteiger charge is -2.32. The van der Waals surface area contributed by atoms with Crippen LogP contribution >= 0.6 is 0 Å². The number of halogens is 1. The summed E-state index contributed by atoms with van der Waals surface area (Å²) >= 11 is 0. The Morgan fingerprint density at radius 1 is 1.13 bits per heavy atom. The highest BCUT2D eigenvalue weighted by molar-refractivity contribution is 7.89. The predicted molar refractivity (Wildman–Crippen MR) is 115 cm³/mol. The Labute approximate surface area is 178 Å². The third-order valence-corrected chi connectivity index (χ3v) is 7.61. The number of carbonyl (C=O) groups excluding carboxylic acids is 1. The molecule has 0 saturated carbocycles. The lowest BCUT2D eigenvalue weighted by atomic mass is 9.88. The highest BCUT2D eigenvalue weighted by atomic mass is 32.2. The second-order valence-corrected chi connectivity index (χ2v) is 10.1. The average Bonchev–Trinajstić information content (AvgIpc) is 2.74. The zero-order valence-corrected chi connectivity index (χ0v) is 18.2. The van der Waals surface area contributed by atoms with Gasteiger partial charge in [-0.3, -0.25) is 4.79 Å². The summed E-state index contributed by atoms with van der Waals surface area (Å²) in [6, 6.07) is 14.9. The molecule has 5 nitrogen and oxygen atoms in total. The fraction of sp³-hybridized carbons (Fsp3) is 0.435. The third kappa shape index (κ3) is 5.26. The van der Waals surface area contributed by atoms with Gasteiger partial charge in [-0.05, 0) is 48.6 Å². The van der Waals surface area contributed by atoms with Crippen molar-refractivity contribution in [2.24, 2.45) is 11.8 Å². The van der Waals surface area contributed by atoms with E-state index in [1.807, 2.05) is 18.2 Å². The maximum Gasteiger partial charge on any atom is 0.243 e. The van der Waals surface area contributed by atoms with Gasteiger partial charge in [-0.25, -0.2) is 12.8 Å². The van der Waals surface area contributed by atoms with Crippen LogP contribution in [-0.2, 0) is 14.8 Å². The van der Waals surface area contributed by atoms with Crippen LogP contribution in [-0.4, -0.2) is 38.3 Å². The van der Waals surface area contributed by atoms with Crippen molar-refractivity contribution in [1.82, 2.24) is 9.62 Å². The standard InChI is InChI=1S/C23H29FN2O3S/c1-17(2)22(18-7-4-3-5-8-18)15-25-23(27)19-9-6-14-26(16-19)30(28,29)21-12-10-20(24)11-13-21/h3-5,7-8,10-13,17,19,22H,6,9,14-16H2,1-2H3,(H,25,27). The molecule has 0 spiro atoms. The molecule has 2 aromatic rings. The molecule has 1 heterocycles. The van der Waals surface area contributed by atoms with Crippen molar-refractivity contribution in [1.29, 1.82) is 0 Å². The average molecular weight is 433 g/mol. The molecule has 1 fully saturated rings. The lowest BCUT2D eigenvalue weighted by molar-refractivity contribution is -0.126. The minimum Gasteiger partial charge on any atom is -0.355 e. The first-order valence-corrected chi connectivity index (χ1v) is 11.8. The van der Waals surface area contributed by atoms with Crippen LogP contribution in [0.1, 0.15) is 38.2 Å². The summed E-state index contributed by atoms with van der Waals surface area (Å²) in [5.74, 6) is -0.441. The Balaban J connectivity index is 1.64. The number of hydrogen-bond donors (Lipinski definition) is 1. The first kappa shape index (κ1) is 22.4. The van der Waals surface area contributed by atoms with Gasteiger partial charge in [0.1, 0.15) is 5.82 Å². The third-order valence-electron chi connectivity index (χ3n) is 5.73. The number of hydrogen-bond acceptors (Lipinski definition) is 3. The van der Waals surface area contributed by atoms with E-state index in [4.69, 9.17) is 0 Å². The molecule has 0 radical (unpaired) electrons. The second kappa shape index (κ2) is 9.71. The molecule has 7 heteroatoms. The molecule has 1 saturated heterocycles. The van der Waals surface area contributed by atoms with Crippen molar-refractivity contribution in [2.75, 3.05) is 19.6 Å². The van der Waals surface area contributed by atoms with Crippen molar-refractivity contribution in [3.8, 4) is 0 Å². The maximum atomic E-state index is 13.2. The van der Waals surface area contributed by atoms with Crippen LogP contribution in [0.4, 0.5) is 4.39 Å². The van der Waals surface area contributed by atoms with Crippen LogP contribution in [0.25, 0.3) is 0 Å². The van der Waals surface area contributed by atoms with E-state index in [0.29, 0.717) is 31.8 Å². The van der Waals surface area contributed by atoms with E-state index in [1.165, 1.54) is 22.0 Å². The van der Waals surface area contributed by atoms with Gasteiger partial charge in [0.05, 0.1) is 10.8 Å². The molecule has 2 unspecified atom stereocenters. The smallest absolute Gasteiger partial charge is 0.243 e. The van der Waals surface area contributed by atoms with Crippen molar-refractivity contribution < 1.29 is 17.6 Å². The predicted octanol–water partition coefficient (Wildman–Crippen LogP) is 3.78. The van der Waals surface area contributed by atoms with E-state index in [-0.39, 0.29) is 23.3 Å². The number of amides is 1. The van der Waals surface area contributed by atoms with Gasteiger partial charge in [-0.1, -0.05) is 44.2 Å². The van der Waals surface area contributed by atoms with Crippen LogP contribution in [0.2, 0.25) is 0 Å². The Bertz CT molecular complexity index is 946. The molecular weight excluding hydrogens is 403 g/mol. The Hall–Kier alpha value is -2.25. The van der Waals surface area contributed by atoms with Gasteiger partial charge in [0.15, 0.2) is 0 Å². The minimum absolute atomic E-state index is 0.0499. The van der Waals surface area contributed by atoms with Crippen molar-refractivity contribution in [3.63, 3.8) is 0 Å². The first-order chi connectivity index (χ1) is 14.3. The van der Waals surface area contributed by atoms with E-state index < -0.39 is 21.8 Å². The van der Waals surface area contributed by atoms with Gasteiger partial charge >= 0.3 is 0 Å². The zero-order chi connectivity index (χ0) is 21.7. The molecule has 3 rings (SSSR count). The summed E-state index contributed by atoms with van der Waals surface area (Å²) in [6.07, 6.45) is 1.27.